The van der Waals surface area contributed by atoms with Gasteiger partial charge in [0.1, 0.15) is 0 Å². The lowest BCUT2D eigenvalue weighted by atomic mass is 10.1. The van der Waals surface area contributed by atoms with E-state index in [1.54, 1.807) is 11.9 Å². The largest absolute Gasteiger partial charge is 0.416 e. The first-order chi connectivity index (χ1) is 12.8. The molecule has 1 unspecified atom stereocenters. The van der Waals surface area contributed by atoms with Crippen LogP contribution >= 0.6 is 11.9 Å². The summed E-state index contributed by atoms with van der Waals surface area (Å²) < 4.78 is 41.1. The summed E-state index contributed by atoms with van der Waals surface area (Å²) in [6.07, 6.45) is -0.913. The minimum Gasteiger partial charge on any atom is -0.397 e. The van der Waals surface area contributed by atoms with Crippen molar-refractivity contribution in [2.24, 2.45) is 0 Å². The summed E-state index contributed by atoms with van der Waals surface area (Å²) in [6, 6.07) is 10.8. The summed E-state index contributed by atoms with van der Waals surface area (Å²) in [7, 11) is 0. The van der Waals surface area contributed by atoms with Gasteiger partial charge in [0.25, 0.3) is 0 Å². The first kappa shape index (κ1) is 21.3. The molecule has 148 valence electrons. The molecular weight excluding hydrogens is 371 g/mol. The maximum atomic E-state index is 12.6. The molecule has 0 bridgehead atoms. The molecule has 0 saturated carbocycles. The smallest absolute Gasteiger partial charge is 0.397 e. The van der Waals surface area contributed by atoms with Crippen LogP contribution in [0.4, 0.5) is 30.2 Å². The summed E-state index contributed by atoms with van der Waals surface area (Å²) >= 11 is 1.69. The van der Waals surface area contributed by atoms with E-state index in [0.29, 0.717) is 17.5 Å². The molecule has 7 heteroatoms. The van der Waals surface area contributed by atoms with Crippen LogP contribution in [0, 0.1) is 0 Å². The zero-order chi connectivity index (χ0) is 19.9. The molecule has 0 aromatic heterocycles. The van der Waals surface area contributed by atoms with Crippen molar-refractivity contribution >= 4 is 29.0 Å². The Kier molecular flexibility index (Phi) is 7.71. The molecule has 0 aliphatic carbocycles. The van der Waals surface area contributed by atoms with Crippen LogP contribution in [-0.2, 0) is 12.7 Å². The number of nitrogens with two attached hydrogens (primary N) is 1. The van der Waals surface area contributed by atoms with E-state index in [0.717, 1.165) is 48.3 Å². The lowest BCUT2D eigenvalue weighted by molar-refractivity contribution is -0.137. The highest BCUT2D eigenvalue weighted by Crippen LogP contribution is 2.30. The van der Waals surface area contributed by atoms with Crippen molar-refractivity contribution in [3.63, 3.8) is 0 Å². The van der Waals surface area contributed by atoms with Gasteiger partial charge in [0.2, 0.25) is 0 Å². The molecule has 27 heavy (non-hydrogen) atoms. The van der Waals surface area contributed by atoms with E-state index in [-0.39, 0.29) is 0 Å². The maximum absolute atomic E-state index is 12.6. The fraction of sp³-hybridized carbons (Fsp3) is 0.400. The van der Waals surface area contributed by atoms with Crippen LogP contribution in [0.3, 0.4) is 0 Å². The molecule has 1 atom stereocenters. The molecule has 2 aromatic rings. The molecule has 2 rings (SSSR count). The van der Waals surface area contributed by atoms with Crippen molar-refractivity contribution in [3.05, 3.63) is 53.6 Å². The Hall–Kier alpha value is -2.02. The van der Waals surface area contributed by atoms with Gasteiger partial charge >= 0.3 is 6.18 Å². The lowest BCUT2D eigenvalue weighted by Gasteiger charge is -2.16. The van der Waals surface area contributed by atoms with Gasteiger partial charge in [-0.15, -0.1) is 0 Å². The number of nitrogens with one attached hydrogen (secondary N) is 2. The quantitative estimate of drug-likeness (QED) is 0.332. The van der Waals surface area contributed by atoms with Gasteiger partial charge in [-0.25, -0.2) is 0 Å². The number of benzene rings is 2. The summed E-state index contributed by atoms with van der Waals surface area (Å²) in [4.78, 5) is 0. The van der Waals surface area contributed by atoms with E-state index in [1.165, 1.54) is 12.1 Å². The molecule has 0 heterocycles. The van der Waals surface area contributed by atoms with E-state index in [4.69, 9.17) is 5.73 Å². The number of nitrogen functional groups attached to an aromatic ring is 1. The van der Waals surface area contributed by atoms with Crippen LogP contribution in [0.15, 0.2) is 42.5 Å². The third kappa shape index (κ3) is 6.57. The average molecular weight is 398 g/mol. The van der Waals surface area contributed by atoms with Gasteiger partial charge in [0.05, 0.1) is 16.9 Å². The SMILES string of the molecule is CCCC(CC)SNc1ccc(NCc2ccc(C(F)(F)F)cc2)cc1N. The molecule has 0 aliphatic rings. The fourth-order valence-corrected chi connectivity index (χ4v) is 3.60. The third-order valence-electron chi connectivity index (χ3n) is 4.23. The van der Waals surface area contributed by atoms with Crippen molar-refractivity contribution in [1.82, 2.24) is 0 Å². The molecule has 0 fully saturated rings. The first-order valence-electron chi connectivity index (χ1n) is 9.04. The Morgan fingerprint density at radius 2 is 1.78 bits per heavy atom. The normalized spacial score (nSPS) is 12.6. The highest BCUT2D eigenvalue weighted by atomic mass is 32.2. The van der Waals surface area contributed by atoms with Gasteiger partial charge in [-0.1, -0.05) is 32.4 Å². The number of alkyl halides is 3. The third-order valence-corrected chi connectivity index (χ3v) is 5.47. The second-order valence-corrected chi connectivity index (χ2v) is 7.50. The Balaban J connectivity index is 1.91. The standard InChI is InChI=1S/C20H26F3N3S/c1-3-5-17(4-2)27-26-19-11-10-16(12-18(19)24)25-13-14-6-8-15(9-7-14)20(21,22)23/h6-12,17,25-26H,3-5,13,24H2,1-2H3. The number of anilines is 3. The van der Waals surface area contributed by atoms with Gasteiger partial charge in [-0.3, -0.25) is 0 Å². The van der Waals surface area contributed by atoms with Crippen molar-refractivity contribution in [2.75, 3.05) is 15.8 Å². The van der Waals surface area contributed by atoms with Crippen molar-refractivity contribution in [1.29, 1.82) is 0 Å². The lowest BCUT2D eigenvalue weighted by Crippen LogP contribution is -2.06. The van der Waals surface area contributed by atoms with Crippen LogP contribution < -0.4 is 15.8 Å². The Morgan fingerprint density at radius 1 is 1.07 bits per heavy atom. The Morgan fingerprint density at radius 3 is 2.33 bits per heavy atom. The van der Waals surface area contributed by atoms with Gasteiger partial charge in [0, 0.05) is 17.5 Å². The minimum absolute atomic E-state index is 0.424. The molecule has 0 amide bonds. The van der Waals surface area contributed by atoms with Crippen molar-refractivity contribution in [3.8, 4) is 0 Å². The fourth-order valence-electron chi connectivity index (χ4n) is 2.60. The number of hydrogen-bond acceptors (Lipinski definition) is 4. The zero-order valence-electron chi connectivity index (χ0n) is 15.6. The second-order valence-electron chi connectivity index (χ2n) is 6.39. The van der Waals surface area contributed by atoms with Crippen LogP contribution in [0.1, 0.15) is 44.2 Å². The van der Waals surface area contributed by atoms with E-state index in [9.17, 15) is 13.2 Å². The topological polar surface area (TPSA) is 50.1 Å². The van der Waals surface area contributed by atoms with Crippen LogP contribution in [0.2, 0.25) is 0 Å². The van der Waals surface area contributed by atoms with Crippen molar-refractivity contribution in [2.45, 2.75) is 51.1 Å². The van der Waals surface area contributed by atoms with Gasteiger partial charge in [-0.05, 0) is 60.7 Å². The average Bonchev–Trinajstić information content (AvgIpc) is 2.64. The van der Waals surface area contributed by atoms with E-state index in [2.05, 4.69) is 23.9 Å². The van der Waals surface area contributed by atoms with Crippen LogP contribution in [-0.4, -0.2) is 5.25 Å². The predicted molar refractivity (Wildman–Crippen MR) is 110 cm³/mol. The van der Waals surface area contributed by atoms with Crippen LogP contribution in [0.5, 0.6) is 0 Å². The molecular formula is C20H26F3N3S. The Labute approximate surface area is 163 Å². The molecule has 3 nitrogen and oxygen atoms in total. The molecule has 2 aromatic carbocycles. The first-order valence-corrected chi connectivity index (χ1v) is 9.92. The number of hydrogen-bond donors (Lipinski definition) is 3. The molecule has 0 radical (unpaired) electrons. The number of halogens is 3. The molecule has 4 N–H and O–H groups in total. The predicted octanol–water partition coefficient (Wildman–Crippen LogP) is 6.54. The zero-order valence-corrected chi connectivity index (χ0v) is 16.4. The Bertz CT molecular complexity index is 717. The maximum Gasteiger partial charge on any atom is 0.416 e. The molecule has 0 aliphatic heterocycles. The van der Waals surface area contributed by atoms with Gasteiger partial charge < -0.3 is 15.8 Å². The van der Waals surface area contributed by atoms with Crippen LogP contribution in [0.25, 0.3) is 0 Å². The minimum atomic E-state index is -4.31. The second kappa shape index (κ2) is 9.78. The highest BCUT2D eigenvalue weighted by Gasteiger charge is 2.29. The van der Waals surface area contributed by atoms with E-state index >= 15 is 0 Å². The van der Waals surface area contributed by atoms with Gasteiger partial charge in [0.15, 0.2) is 0 Å². The number of rotatable bonds is 9. The molecule has 0 saturated heterocycles. The van der Waals surface area contributed by atoms with Crippen molar-refractivity contribution < 1.29 is 13.2 Å². The van der Waals surface area contributed by atoms with E-state index in [1.807, 2.05) is 18.2 Å². The molecule has 0 spiro atoms. The van der Waals surface area contributed by atoms with E-state index < -0.39 is 11.7 Å². The summed E-state index contributed by atoms with van der Waals surface area (Å²) in [5, 5.41) is 3.74. The summed E-state index contributed by atoms with van der Waals surface area (Å²) in [5.41, 5.74) is 8.57. The summed E-state index contributed by atoms with van der Waals surface area (Å²) in [6.45, 7) is 4.77. The summed E-state index contributed by atoms with van der Waals surface area (Å²) in [5.74, 6) is 0. The highest BCUT2D eigenvalue weighted by molar-refractivity contribution is 8.01. The monoisotopic (exact) mass is 397 g/mol. The van der Waals surface area contributed by atoms with Gasteiger partial charge in [-0.2, -0.15) is 13.2 Å².